The zero-order valence-corrected chi connectivity index (χ0v) is 87.5. The third-order valence-corrected chi connectivity index (χ3v) is 29.9. The first-order valence-corrected chi connectivity index (χ1v) is 54.1. The Labute approximate surface area is 893 Å². The number of rotatable bonds is 28. The monoisotopic (exact) mass is 2160 g/mol. The van der Waals surface area contributed by atoms with Crippen LogP contribution < -0.4 is 33.3 Å². The number of carbonyl (C=O) groups excluding carboxylic acids is 1. The zero-order valence-electron chi connectivity index (χ0n) is 78.6. The molecule has 0 spiro atoms. The molecule has 0 amide bonds. The number of hydroxylamine groups is 1. The molecule has 7 N–H and O–H groups in total. The molecule has 0 aliphatic carbocycles. The molecule has 2 aliphatic heterocycles. The predicted octanol–water partition coefficient (Wildman–Crippen LogP) is 23.2. The molecule has 31 nitrogen and oxygen atoms in total. The highest BCUT2D eigenvalue weighted by molar-refractivity contribution is 8.00. The number of amidine groups is 2. The molecule has 0 radical (unpaired) electrons. The number of para-hydroxylation sites is 1. The largest absolute Gasteiger partial charge is 0.508 e. The van der Waals surface area contributed by atoms with Gasteiger partial charge in [0.1, 0.15) is 86.8 Å². The van der Waals surface area contributed by atoms with Crippen LogP contribution >= 0.6 is 128 Å². The van der Waals surface area contributed by atoms with Crippen molar-refractivity contribution >= 4 is 151 Å². The average molecular weight is 2160 g/mol. The predicted molar refractivity (Wildman–Crippen MR) is 588 cm³/mol. The van der Waals surface area contributed by atoms with Crippen LogP contribution in [-0.2, 0) is 45.5 Å². The van der Waals surface area contributed by atoms with Gasteiger partial charge in [0.15, 0.2) is 54.4 Å². The second-order valence-electron chi connectivity index (χ2n) is 31.2. The van der Waals surface area contributed by atoms with Crippen molar-refractivity contribution in [2.45, 2.75) is 99.7 Å². The average Bonchev–Trinajstić information content (AvgIpc) is 1.53. The summed E-state index contributed by atoms with van der Waals surface area (Å²) in [7, 11) is 0. The van der Waals surface area contributed by atoms with Crippen molar-refractivity contribution in [1.29, 1.82) is 26.3 Å². The lowest BCUT2D eigenvalue weighted by molar-refractivity contribution is -0.116. The van der Waals surface area contributed by atoms with Gasteiger partial charge in [0, 0.05) is 67.4 Å². The summed E-state index contributed by atoms with van der Waals surface area (Å²) >= 11 is 20.3. The van der Waals surface area contributed by atoms with Crippen molar-refractivity contribution in [1.82, 2.24) is 65.3 Å². The van der Waals surface area contributed by atoms with Crippen LogP contribution in [0, 0.1) is 70.2 Å². The highest BCUT2D eigenvalue weighted by Crippen LogP contribution is 2.37. The van der Waals surface area contributed by atoms with E-state index in [1.165, 1.54) is 132 Å². The topological polar surface area (TPSA) is 486 Å². The molecule has 12 heterocycles. The number of benzene rings is 7. The highest BCUT2D eigenvalue weighted by Gasteiger charge is 2.24. The van der Waals surface area contributed by atoms with E-state index in [-0.39, 0.29) is 73.1 Å². The van der Waals surface area contributed by atoms with Gasteiger partial charge in [-0.1, -0.05) is 297 Å². The Morgan fingerprint density at radius 3 is 1.36 bits per heavy atom. The lowest BCUT2D eigenvalue weighted by Crippen LogP contribution is -2.17. The molecular weight excluding hydrogens is 2080 g/mol. The number of nitriles is 5. The van der Waals surface area contributed by atoms with Crippen molar-refractivity contribution in [2.24, 2.45) is 20.2 Å². The van der Waals surface area contributed by atoms with Crippen LogP contribution in [0.3, 0.4) is 0 Å². The highest BCUT2D eigenvalue weighted by atomic mass is 35.5. The standard InChI is InChI=1S/C19H14ClN3S.C19H13N5O2S2.C18H12N6OS2.C18H13N3O3S2.C18H15N3OS2.C14H13N3OS/c1-13-6-5-7-14(10-13)12-24-19-22-17(15-8-3-2-4-9-15)16(11-21)18(20)23-19;1-11-21-17(24-26-11)13-5-2-4-12(8-13)10-28-19-22-16(15-6-3-7-27-15)14(9-20)18(25)23-19;19-8-13-15(14-5-2-6-26-14)22-18(23-17(13)25)27-9-11-3-1-4-12(7-11)16-20-10-21-24-16;1-19-16-15(14-7-4-8-25-14)20-18(21-17(16)24)26-10-12(22)9-11-5-2-3-6-13(11)23;1-2-12-5-3-6-13(9-12)11-24-18-20-16(15-7-4-8-23-15)14(10-19)17(22)21-18;1-9(2)19-14-16-12(10-6-4-3-5-7-10)11(8-15)13(18)17-14/h2-10H,12H2,1H3;2-8H,1,10H2,(H,21,24)(H,22,23,25);1-7H,9-10H2,(H,22,23,25);2-8,23H,9-10H2,(H,20,21,24);3-9H,2,11H2,1H3,(H,20,21,22);3-7,9H,1-2H3,(H,16,17,18). The minimum Gasteiger partial charge on any atom is -0.508 e. The molecule has 0 unspecified atom stereocenters. The van der Waals surface area contributed by atoms with Gasteiger partial charge in [-0.05, 0) is 112 Å². The Morgan fingerprint density at radius 2 is 0.892 bits per heavy atom. The SMILES string of the molecule is C=C1N=C(c2cccc(CSc3nc(-c4cccs4)c(C#N)c(=O)[nH]3)c2)NO1.CC(C)Sc1nc(-c2ccccc2)c(C#N)c(=O)[nH]1.CCc1cccc(CSc2nc(-c3cccs3)c(C#N)c(=O)[nH]2)c1.Cc1cccc(CSc2nc(Cl)c(C#N)c(-c3ccccc3)n2)c1.N#Cc1c(-c2cccs2)nc(SCc2cccc(C3=NCN=N3)c2)[nH]c1=O.[C-]#[N+]c1c(-c2cccs2)nc(SCC(=O)Cc2ccccc2O)[nH]c1=O. The van der Waals surface area contributed by atoms with Crippen LogP contribution in [0.1, 0.15) is 98.7 Å². The molecule has 7 aromatic carbocycles. The van der Waals surface area contributed by atoms with Crippen molar-refractivity contribution in [2.75, 3.05) is 12.4 Å². The van der Waals surface area contributed by atoms with Crippen LogP contribution in [0.2, 0.25) is 5.15 Å². The summed E-state index contributed by atoms with van der Waals surface area (Å²) in [5.74, 6) is 4.27. The van der Waals surface area contributed by atoms with Gasteiger partial charge >= 0.3 is 0 Å². The Bertz CT molecular complexity index is 8370. The van der Waals surface area contributed by atoms with Gasteiger partial charge in [-0.2, -0.15) is 36.4 Å². The number of aromatic hydroxyl groups is 1. The number of phenols is 1. The number of halogens is 1. The molecule has 10 aromatic heterocycles. The lowest BCUT2D eigenvalue weighted by Gasteiger charge is -2.08. The number of hydrogen-bond donors (Lipinski definition) is 7. The van der Waals surface area contributed by atoms with E-state index in [2.05, 4.69) is 153 Å². The lowest BCUT2D eigenvalue weighted by atomic mass is 10.1. The fourth-order valence-electron chi connectivity index (χ4n) is 13.7. The molecule has 0 fully saturated rings. The number of aliphatic imine (C=N–C) groups is 2. The number of nitrogens with zero attached hydrogens (tertiary/aromatic N) is 17. The number of phenolic OH excluding ortho intramolecular Hbond substituents is 1. The summed E-state index contributed by atoms with van der Waals surface area (Å²) in [6, 6.07) is 82.5. The Balaban J connectivity index is 0.000000141. The first kappa shape index (κ1) is 108. The number of azo groups is 1. The number of aryl methyl sites for hydroxylation is 2. The van der Waals surface area contributed by atoms with Gasteiger partial charge < -0.3 is 34.9 Å². The van der Waals surface area contributed by atoms with Gasteiger partial charge in [0.25, 0.3) is 33.5 Å². The normalized spacial score (nSPS) is 11.3. The molecule has 19 rings (SSSR count). The van der Waals surface area contributed by atoms with Gasteiger partial charge in [-0.15, -0.1) is 50.5 Å². The molecule has 148 heavy (non-hydrogen) atoms. The number of ketones is 1. The third kappa shape index (κ3) is 29.6. The number of aromatic amines is 5. The van der Waals surface area contributed by atoms with Crippen LogP contribution in [0.5, 0.6) is 5.75 Å². The number of aromatic nitrogens is 12. The van der Waals surface area contributed by atoms with Crippen molar-refractivity contribution in [3.05, 3.63) is 411 Å². The van der Waals surface area contributed by atoms with Crippen molar-refractivity contribution < 1.29 is 14.7 Å². The van der Waals surface area contributed by atoms with Crippen molar-refractivity contribution in [3.63, 3.8) is 0 Å². The third-order valence-electron chi connectivity index (χ3n) is 20.5. The smallest absolute Gasteiger partial charge is 0.276 e. The molecule has 2 aliphatic rings. The number of H-pyrrole nitrogens is 5. The van der Waals surface area contributed by atoms with Gasteiger partial charge in [0.2, 0.25) is 5.88 Å². The van der Waals surface area contributed by atoms with Crippen LogP contribution in [0.25, 0.3) is 69.6 Å². The summed E-state index contributed by atoms with van der Waals surface area (Å²) in [5.41, 5.74) is 14.6. The van der Waals surface area contributed by atoms with Gasteiger partial charge in [0.05, 0.1) is 44.0 Å². The maximum absolute atomic E-state index is 12.3. The molecule has 17 aromatic rings. The first-order chi connectivity index (χ1) is 71.9. The van der Waals surface area contributed by atoms with E-state index in [1.807, 2.05) is 223 Å². The molecular formula is C106H80ClN23O8S10. The van der Waals surface area contributed by atoms with E-state index in [0.717, 1.165) is 76.8 Å². The fraction of sp³-hybridized carbons (Fsp3) is 0.123. The van der Waals surface area contributed by atoms with Gasteiger partial charge in [-0.25, -0.2) is 50.2 Å². The summed E-state index contributed by atoms with van der Waals surface area (Å²) in [6.07, 6.45) is 1.09. The maximum atomic E-state index is 12.3. The Kier molecular flexibility index (Phi) is 39.0. The summed E-state index contributed by atoms with van der Waals surface area (Å²) in [5, 5.41) is 74.8. The van der Waals surface area contributed by atoms with Gasteiger partial charge in [-0.3, -0.25) is 28.8 Å². The Morgan fingerprint density at radius 1 is 0.473 bits per heavy atom. The van der Waals surface area contributed by atoms with Crippen LogP contribution in [0.15, 0.2) is 340 Å². The van der Waals surface area contributed by atoms with Crippen LogP contribution in [0.4, 0.5) is 5.69 Å². The van der Waals surface area contributed by atoms with Crippen LogP contribution in [-0.4, -0.2) is 100 Å². The number of thiophene rings is 4. The van der Waals surface area contributed by atoms with E-state index in [0.29, 0.717) is 118 Å². The van der Waals surface area contributed by atoms with E-state index in [4.69, 9.17) is 28.3 Å². The molecule has 0 saturated heterocycles. The summed E-state index contributed by atoms with van der Waals surface area (Å²) in [4.78, 5) is 137. The van der Waals surface area contributed by atoms with E-state index in [1.54, 1.807) is 24.3 Å². The number of carbonyl (C=O) groups is 1. The van der Waals surface area contributed by atoms with Crippen molar-refractivity contribution in [3.8, 4) is 101 Å². The quantitative estimate of drug-likeness (QED) is 0.0104. The van der Waals surface area contributed by atoms with E-state index in [9.17, 15) is 54.9 Å². The zero-order chi connectivity index (χ0) is 104. The number of nitrogens with one attached hydrogen (secondary N) is 6. The minimum absolute atomic E-state index is 0.0272. The molecule has 734 valence electrons. The molecule has 0 bridgehead atoms. The molecule has 0 atom stereocenters. The fourth-order valence-corrected chi connectivity index (χ4v) is 21.5. The molecule has 42 heteroatoms. The first-order valence-electron chi connectivity index (χ1n) is 44.4. The second kappa shape index (κ2) is 53.7. The summed E-state index contributed by atoms with van der Waals surface area (Å²) < 4.78 is 0. The Hall–Kier alpha value is -16.1. The van der Waals surface area contributed by atoms with E-state index >= 15 is 0 Å². The number of hydrogen-bond acceptors (Lipinski definition) is 35. The number of Topliss-reactive ketones (excluding diaryl/α,β-unsaturated/α-hetero) is 1. The minimum atomic E-state index is -0.519. The summed E-state index contributed by atoms with van der Waals surface area (Å²) in [6.45, 7) is 19.4. The maximum Gasteiger partial charge on any atom is 0.276 e. The van der Waals surface area contributed by atoms with E-state index < -0.39 is 16.7 Å². The molecule has 0 saturated carbocycles. The number of thioether (sulfide) groups is 6. The second-order valence-corrected chi connectivity index (χ2v) is 41.7.